The van der Waals surface area contributed by atoms with Crippen LogP contribution in [0.25, 0.3) is 33.3 Å². The van der Waals surface area contributed by atoms with E-state index in [-0.39, 0.29) is 49.0 Å². The van der Waals surface area contributed by atoms with Gasteiger partial charge in [0.1, 0.15) is 17.8 Å². The molecule has 7 rings (SSSR count). The second-order valence-electron chi connectivity index (χ2n) is 18.8. The Bertz CT molecular complexity index is 2370. The molecule has 0 radical (unpaired) electrons. The molecule has 4 N–H and O–H groups in total. The molecule has 3 amide bonds. The van der Waals surface area contributed by atoms with E-state index in [2.05, 4.69) is 54.8 Å². The van der Waals surface area contributed by atoms with E-state index in [0.717, 1.165) is 50.8 Å². The number of fused-ring (bicyclic) bond motifs is 6. The maximum atomic E-state index is 14.7. The first-order valence-corrected chi connectivity index (χ1v) is 22.4. The highest BCUT2D eigenvalue weighted by atomic mass is 16.5. The molecule has 63 heavy (non-hydrogen) atoms. The Morgan fingerprint density at radius 1 is 1.06 bits per heavy atom. The lowest BCUT2D eigenvalue weighted by molar-refractivity contribution is -0.155. The predicted molar refractivity (Wildman–Crippen MR) is 244 cm³/mol. The highest BCUT2D eigenvalue weighted by Crippen LogP contribution is 2.41. The number of likely N-dealkylation sites (tertiary alicyclic amines) is 1. The third kappa shape index (κ3) is 9.85. The van der Waals surface area contributed by atoms with Crippen LogP contribution in [0.15, 0.2) is 73.3 Å². The van der Waals surface area contributed by atoms with E-state index in [4.69, 9.17) is 4.74 Å². The number of aliphatic hydroxyl groups is 1. The minimum atomic E-state index is -1.05. The van der Waals surface area contributed by atoms with Crippen molar-refractivity contribution in [3.63, 3.8) is 0 Å². The largest absolute Gasteiger partial charge is 0.508 e. The average molecular weight is 861 g/mol. The molecule has 3 aliphatic heterocycles. The number of aromatic hydroxyl groups is 1. The van der Waals surface area contributed by atoms with Crippen LogP contribution < -0.4 is 10.7 Å². The fraction of sp³-hybridized carbons (Fsp3) is 0.480. The number of amides is 3. The van der Waals surface area contributed by atoms with Gasteiger partial charge < -0.3 is 29.7 Å². The number of hydrogen-bond acceptors (Lipinski definition) is 9. The quantitative estimate of drug-likeness (QED) is 0.114. The lowest BCUT2D eigenvalue weighted by Crippen LogP contribution is -2.62. The minimum Gasteiger partial charge on any atom is -0.508 e. The van der Waals surface area contributed by atoms with Crippen LogP contribution in [0.5, 0.6) is 5.75 Å². The zero-order valence-electron chi connectivity index (χ0n) is 37.7. The Morgan fingerprint density at radius 2 is 1.84 bits per heavy atom. The van der Waals surface area contributed by atoms with E-state index in [1.807, 2.05) is 62.2 Å². The van der Waals surface area contributed by atoms with E-state index in [1.54, 1.807) is 17.0 Å². The number of phenolic OH excluding ortho intramolecular Hbond substituents is 1. The van der Waals surface area contributed by atoms with Crippen LogP contribution in [0, 0.1) is 17.3 Å². The van der Waals surface area contributed by atoms with Crippen LogP contribution in [-0.2, 0) is 49.9 Å². The third-order valence-corrected chi connectivity index (χ3v) is 13.0. The van der Waals surface area contributed by atoms with Gasteiger partial charge in [-0.05, 0) is 110 Å². The topological polar surface area (TPSA) is 157 Å². The number of nitrogens with one attached hydrogen (secondary N) is 2. The SMILES string of the molecule is C=CC(=O)N1CC[C@H](CN(C)[C@H](C(=O)NC2Cc3cc(O)cc(c3)-c3ccc4c(c3)c(c(-c3ccccc3CO)n4CC)CC(C)(C)COC(=O)[C@@H]3CCCN(N3)C2=O)C(C)C)C1. The second kappa shape index (κ2) is 19.1. The predicted octanol–water partition coefficient (Wildman–Crippen LogP) is 5.83. The van der Waals surface area contributed by atoms with Gasteiger partial charge in [-0.2, -0.15) is 0 Å². The van der Waals surface area contributed by atoms with Gasteiger partial charge in [0.05, 0.1) is 24.9 Å². The smallest absolute Gasteiger partial charge is 0.324 e. The molecule has 1 unspecified atom stereocenters. The summed E-state index contributed by atoms with van der Waals surface area (Å²) in [5, 5.41) is 27.3. The van der Waals surface area contributed by atoms with Crippen LogP contribution in [0.3, 0.4) is 0 Å². The van der Waals surface area contributed by atoms with Crippen LogP contribution in [-0.4, -0.2) is 111 Å². The highest BCUT2D eigenvalue weighted by molar-refractivity contribution is 5.96. The molecule has 6 bridgehead atoms. The Balaban J connectivity index is 1.29. The summed E-state index contributed by atoms with van der Waals surface area (Å²) in [7, 11) is 1.91. The number of benzene rings is 3. The summed E-state index contributed by atoms with van der Waals surface area (Å²) in [6.45, 7) is 16.6. The molecule has 3 aliphatic rings. The zero-order chi connectivity index (χ0) is 45.2. The molecule has 0 saturated carbocycles. The number of carbonyl (C=O) groups excluding carboxylic acids is 4. The van der Waals surface area contributed by atoms with Gasteiger partial charge >= 0.3 is 5.97 Å². The monoisotopic (exact) mass is 860 g/mol. The molecule has 4 atom stereocenters. The standard InChI is InChI=1S/C50H64N6O7/c1-8-44(59)54-20-18-32(28-54)27-53(7)45(31(3)4)47(60)51-42-23-33-21-36(24-37(58)22-33)34-16-17-43-39(25-34)40(46(55(43)9-2)38-14-11-10-13-35(38)29-57)26-50(5,6)30-63-49(62)41-15-12-19-56(52-41)48(42)61/h8,10-11,13-14,16-17,21-22,24-25,31-32,41-42,45,52,57-58H,1,9,12,15,18-20,23,26-30H2,2-7H3,(H,51,60)/t32-,41+,42?,45+/m1/s1. The number of aliphatic hydroxyl groups excluding tert-OH is 1. The number of cyclic esters (lactones) is 1. The van der Waals surface area contributed by atoms with Gasteiger partial charge in [0.2, 0.25) is 11.8 Å². The Morgan fingerprint density at radius 3 is 2.57 bits per heavy atom. The summed E-state index contributed by atoms with van der Waals surface area (Å²) in [5.74, 6) is -1.16. The second-order valence-corrected chi connectivity index (χ2v) is 18.8. The highest BCUT2D eigenvalue weighted by Gasteiger charge is 2.38. The molecule has 13 heteroatoms. The number of likely N-dealkylation sites (N-methyl/N-ethyl adjacent to an activating group) is 1. The Kier molecular flexibility index (Phi) is 13.8. The van der Waals surface area contributed by atoms with Crippen molar-refractivity contribution in [2.24, 2.45) is 17.3 Å². The lowest BCUT2D eigenvalue weighted by Gasteiger charge is -2.37. The number of hydrogen-bond donors (Lipinski definition) is 4. The van der Waals surface area contributed by atoms with E-state index in [0.29, 0.717) is 57.5 Å². The maximum absolute atomic E-state index is 14.7. The van der Waals surface area contributed by atoms with Gasteiger partial charge in [0.25, 0.3) is 5.91 Å². The first kappa shape index (κ1) is 45.5. The molecule has 336 valence electrons. The van der Waals surface area contributed by atoms with Gasteiger partial charge in [0.15, 0.2) is 0 Å². The molecule has 4 aromatic rings. The van der Waals surface area contributed by atoms with Crippen LogP contribution >= 0.6 is 0 Å². The normalized spacial score (nSPS) is 21.1. The number of aryl methyl sites for hydroxylation is 1. The van der Waals surface area contributed by atoms with Crippen molar-refractivity contribution in [1.82, 2.24) is 30.1 Å². The Labute approximate surface area is 371 Å². The fourth-order valence-electron chi connectivity index (χ4n) is 10.0. The number of esters is 1. The van der Waals surface area contributed by atoms with Gasteiger partial charge in [-0.25, -0.2) is 5.43 Å². The van der Waals surface area contributed by atoms with Crippen molar-refractivity contribution in [1.29, 1.82) is 0 Å². The first-order chi connectivity index (χ1) is 30.1. The summed E-state index contributed by atoms with van der Waals surface area (Å²) in [4.78, 5) is 59.1. The molecule has 0 spiro atoms. The fourth-order valence-corrected chi connectivity index (χ4v) is 10.0. The number of hydrazine groups is 1. The number of ether oxygens (including phenoxy) is 1. The molecule has 2 saturated heterocycles. The van der Waals surface area contributed by atoms with Crippen molar-refractivity contribution < 1.29 is 34.1 Å². The van der Waals surface area contributed by atoms with Crippen LogP contribution in [0.1, 0.15) is 70.6 Å². The van der Waals surface area contributed by atoms with Crippen molar-refractivity contribution in [3.8, 4) is 28.1 Å². The summed E-state index contributed by atoms with van der Waals surface area (Å²) in [6, 6.07) is 17.1. The van der Waals surface area contributed by atoms with Crippen molar-refractivity contribution >= 4 is 34.6 Å². The van der Waals surface area contributed by atoms with Crippen LogP contribution in [0.4, 0.5) is 0 Å². The number of rotatable bonds is 10. The summed E-state index contributed by atoms with van der Waals surface area (Å²) in [5.41, 5.74) is 9.71. The van der Waals surface area contributed by atoms with Crippen molar-refractivity contribution in [3.05, 3.63) is 90.0 Å². The number of phenols is 1. The van der Waals surface area contributed by atoms with Gasteiger partial charge in [0, 0.05) is 61.0 Å². The lowest BCUT2D eigenvalue weighted by atomic mass is 9.84. The number of nitrogens with zero attached hydrogens (tertiary/aromatic N) is 4. The van der Waals surface area contributed by atoms with E-state index < -0.39 is 35.4 Å². The summed E-state index contributed by atoms with van der Waals surface area (Å²) in [6.07, 6.45) is 3.80. The average Bonchev–Trinajstić information content (AvgIpc) is 3.85. The third-order valence-electron chi connectivity index (χ3n) is 13.0. The van der Waals surface area contributed by atoms with Crippen molar-refractivity contribution in [2.45, 2.75) is 98.0 Å². The van der Waals surface area contributed by atoms with E-state index in [9.17, 15) is 29.4 Å². The van der Waals surface area contributed by atoms with Crippen LogP contribution in [0.2, 0.25) is 0 Å². The molecule has 3 aromatic carbocycles. The minimum absolute atomic E-state index is 0.0267. The molecular weight excluding hydrogens is 797 g/mol. The molecule has 4 heterocycles. The van der Waals surface area contributed by atoms with E-state index in [1.165, 1.54) is 11.1 Å². The molecule has 2 fully saturated rings. The Hall–Kier alpha value is -5.50. The van der Waals surface area contributed by atoms with E-state index >= 15 is 0 Å². The molecule has 0 aliphatic carbocycles. The first-order valence-electron chi connectivity index (χ1n) is 22.4. The van der Waals surface area contributed by atoms with Gasteiger partial charge in [-0.3, -0.25) is 29.1 Å². The number of aromatic nitrogens is 1. The summed E-state index contributed by atoms with van der Waals surface area (Å²) >= 11 is 0. The van der Waals surface area contributed by atoms with Gasteiger partial charge in [-0.1, -0.05) is 70.7 Å². The zero-order valence-corrected chi connectivity index (χ0v) is 37.7. The molecule has 1 aromatic heterocycles. The van der Waals surface area contributed by atoms with Crippen molar-refractivity contribution in [2.75, 3.05) is 39.8 Å². The van der Waals surface area contributed by atoms with Gasteiger partial charge in [-0.15, -0.1) is 0 Å². The molecular formula is C50H64N6O7. The number of carbonyl (C=O) groups is 4. The summed E-state index contributed by atoms with van der Waals surface area (Å²) < 4.78 is 8.36. The maximum Gasteiger partial charge on any atom is 0.324 e. The molecule has 13 nitrogen and oxygen atoms in total.